The molecule has 4 nitrogen and oxygen atoms in total. The Morgan fingerprint density at radius 3 is 2.65 bits per heavy atom. The molecule has 0 aliphatic heterocycles. The number of carbonyl (C=O) groups excluding carboxylic acids is 1. The number of hydrogen-bond acceptors (Lipinski definition) is 2. The fourth-order valence-corrected chi connectivity index (χ4v) is 1.72. The summed E-state index contributed by atoms with van der Waals surface area (Å²) in [5.74, 6) is -0.0366. The molecule has 2 N–H and O–H groups in total. The molecular weight excluding hydrogens is 259 g/mol. The zero-order valence-electron chi connectivity index (χ0n) is 11.0. The van der Waals surface area contributed by atoms with E-state index in [1.165, 1.54) is 25.3 Å². The third-order valence-corrected chi connectivity index (χ3v) is 2.71. The molecule has 20 heavy (non-hydrogen) atoms. The number of nitrogens with one attached hydrogen (secondary N) is 2. The van der Waals surface area contributed by atoms with Gasteiger partial charge in [0, 0.05) is 12.6 Å². The molecule has 0 spiro atoms. The van der Waals surface area contributed by atoms with Crippen molar-refractivity contribution < 1.29 is 13.9 Å². The van der Waals surface area contributed by atoms with Crippen LogP contribution in [-0.4, -0.2) is 13.1 Å². The third kappa shape index (κ3) is 3.71. The van der Waals surface area contributed by atoms with Gasteiger partial charge in [-0.15, -0.1) is 0 Å². The minimum absolute atomic E-state index is 0.290. The van der Waals surface area contributed by atoms with Gasteiger partial charge in [0.15, 0.2) is 0 Å². The largest absolute Gasteiger partial charge is 0.495 e. The molecule has 0 heterocycles. The van der Waals surface area contributed by atoms with Gasteiger partial charge in [0.1, 0.15) is 11.6 Å². The Labute approximate surface area is 116 Å². The average molecular weight is 274 g/mol. The fraction of sp³-hybridized carbons (Fsp3) is 0.133. The first-order valence-electron chi connectivity index (χ1n) is 6.11. The lowest BCUT2D eigenvalue weighted by molar-refractivity contribution is 0.251. The number of hydrogen-bond donors (Lipinski definition) is 2. The van der Waals surface area contributed by atoms with Crippen LogP contribution >= 0.6 is 0 Å². The highest BCUT2D eigenvalue weighted by Crippen LogP contribution is 2.24. The number of halogens is 1. The second-order valence-corrected chi connectivity index (χ2v) is 4.14. The molecule has 0 unspecified atom stereocenters. The van der Waals surface area contributed by atoms with Crippen LogP contribution in [0.15, 0.2) is 48.5 Å². The van der Waals surface area contributed by atoms with E-state index in [9.17, 15) is 9.18 Å². The quantitative estimate of drug-likeness (QED) is 0.899. The van der Waals surface area contributed by atoms with Crippen molar-refractivity contribution in [3.63, 3.8) is 0 Å². The molecule has 2 aromatic rings. The molecule has 2 aromatic carbocycles. The Bertz CT molecular complexity index is 588. The number of methoxy groups -OCH3 is 1. The highest BCUT2D eigenvalue weighted by molar-refractivity contribution is 5.90. The number of ether oxygens (including phenoxy) is 1. The van der Waals surface area contributed by atoms with Crippen LogP contribution in [0.25, 0.3) is 0 Å². The third-order valence-electron chi connectivity index (χ3n) is 2.71. The van der Waals surface area contributed by atoms with Gasteiger partial charge >= 0.3 is 6.03 Å². The van der Waals surface area contributed by atoms with Gasteiger partial charge in [-0.3, -0.25) is 0 Å². The van der Waals surface area contributed by atoms with Crippen molar-refractivity contribution in [3.05, 3.63) is 59.9 Å². The van der Waals surface area contributed by atoms with Crippen molar-refractivity contribution in [1.29, 1.82) is 0 Å². The van der Waals surface area contributed by atoms with E-state index in [2.05, 4.69) is 10.6 Å². The molecular formula is C15H15FN2O2. The normalized spacial score (nSPS) is 9.90. The van der Waals surface area contributed by atoms with Crippen molar-refractivity contribution in [1.82, 2.24) is 5.32 Å². The summed E-state index contributed by atoms with van der Waals surface area (Å²) >= 11 is 0. The number of urea groups is 1. The van der Waals surface area contributed by atoms with Crippen molar-refractivity contribution in [2.45, 2.75) is 6.54 Å². The summed E-state index contributed by atoms with van der Waals surface area (Å²) in [5, 5.41) is 5.25. The highest BCUT2D eigenvalue weighted by atomic mass is 19.1. The highest BCUT2D eigenvalue weighted by Gasteiger charge is 2.08. The first kappa shape index (κ1) is 13.9. The molecule has 0 saturated carbocycles. The Morgan fingerprint density at radius 2 is 1.95 bits per heavy atom. The summed E-state index contributed by atoms with van der Waals surface area (Å²) in [6.07, 6.45) is 0. The first-order valence-corrected chi connectivity index (χ1v) is 6.11. The van der Waals surface area contributed by atoms with Gasteiger partial charge in [-0.1, -0.05) is 30.3 Å². The molecule has 0 aliphatic rings. The molecule has 104 valence electrons. The van der Waals surface area contributed by atoms with Gasteiger partial charge in [-0.05, 0) is 17.7 Å². The monoisotopic (exact) mass is 274 g/mol. The Kier molecular flexibility index (Phi) is 4.55. The number of amides is 2. The molecule has 2 amide bonds. The Hall–Kier alpha value is -2.56. The second-order valence-electron chi connectivity index (χ2n) is 4.14. The van der Waals surface area contributed by atoms with E-state index in [-0.39, 0.29) is 5.69 Å². The molecule has 0 bridgehead atoms. The predicted octanol–water partition coefficient (Wildman–Crippen LogP) is 3.16. The summed E-state index contributed by atoms with van der Waals surface area (Å²) in [5.41, 5.74) is 1.27. The van der Waals surface area contributed by atoms with E-state index in [0.717, 1.165) is 5.56 Å². The van der Waals surface area contributed by atoms with Gasteiger partial charge in [-0.25, -0.2) is 9.18 Å². The van der Waals surface area contributed by atoms with Crippen molar-refractivity contribution in [2.75, 3.05) is 12.4 Å². The molecule has 0 aliphatic carbocycles. The minimum atomic E-state index is -0.441. The number of rotatable bonds is 4. The maximum Gasteiger partial charge on any atom is 0.319 e. The molecule has 0 saturated heterocycles. The lowest BCUT2D eigenvalue weighted by atomic mass is 10.2. The first-order chi connectivity index (χ1) is 9.69. The number of carbonyl (C=O) groups is 1. The van der Waals surface area contributed by atoms with Crippen LogP contribution in [-0.2, 0) is 6.54 Å². The average Bonchev–Trinajstić information content (AvgIpc) is 2.46. The molecule has 5 heteroatoms. The molecule has 0 radical (unpaired) electrons. The molecule has 0 atom stereocenters. The molecule has 2 rings (SSSR count). The van der Waals surface area contributed by atoms with Crippen LogP contribution in [0.4, 0.5) is 14.9 Å². The van der Waals surface area contributed by atoms with E-state index in [1.54, 1.807) is 0 Å². The van der Waals surface area contributed by atoms with Gasteiger partial charge in [0.05, 0.1) is 12.8 Å². The number of anilines is 1. The summed E-state index contributed by atoms with van der Waals surface area (Å²) in [6, 6.07) is 13.0. The van der Waals surface area contributed by atoms with Gasteiger partial charge in [0.2, 0.25) is 0 Å². The maximum atomic E-state index is 13.2. The van der Waals surface area contributed by atoms with Gasteiger partial charge in [0.25, 0.3) is 0 Å². The van der Waals surface area contributed by atoms with E-state index in [1.807, 2.05) is 30.3 Å². The number of benzene rings is 2. The van der Waals surface area contributed by atoms with E-state index in [4.69, 9.17) is 4.74 Å². The topological polar surface area (TPSA) is 50.4 Å². The predicted molar refractivity (Wildman–Crippen MR) is 75.3 cm³/mol. The SMILES string of the molecule is COc1ccc(F)cc1NC(=O)NCc1ccccc1. The van der Waals surface area contributed by atoms with Crippen LogP contribution in [0, 0.1) is 5.82 Å². The lowest BCUT2D eigenvalue weighted by Gasteiger charge is -2.11. The van der Waals surface area contributed by atoms with Crippen molar-refractivity contribution >= 4 is 11.7 Å². The minimum Gasteiger partial charge on any atom is -0.495 e. The smallest absolute Gasteiger partial charge is 0.319 e. The summed E-state index contributed by atoms with van der Waals surface area (Å²) in [4.78, 5) is 11.8. The van der Waals surface area contributed by atoms with Crippen LogP contribution in [0.5, 0.6) is 5.75 Å². The second kappa shape index (κ2) is 6.56. The summed E-state index contributed by atoms with van der Waals surface area (Å²) in [7, 11) is 1.46. The zero-order chi connectivity index (χ0) is 14.4. The fourth-order valence-electron chi connectivity index (χ4n) is 1.72. The summed E-state index contributed by atoms with van der Waals surface area (Å²) < 4.78 is 18.2. The lowest BCUT2D eigenvalue weighted by Crippen LogP contribution is -2.28. The van der Waals surface area contributed by atoms with Gasteiger partial charge in [-0.2, -0.15) is 0 Å². The summed E-state index contributed by atoms with van der Waals surface area (Å²) in [6.45, 7) is 0.393. The van der Waals surface area contributed by atoms with E-state index >= 15 is 0 Å². The van der Waals surface area contributed by atoms with Gasteiger partial charge < -0.3 is 15.4 Å². The Balaban J connectivity index is 1.96. The maximum absolute atomic E-state index is 13.2. The zero-order valence-corrected chi connectivity index (χ0v) is 11.0. The van der Waals surface area contributed by atoms with Crippen molar-refractivity contribution in [3.8, 4) is 5.75 Å². The van der Waals surface area contributed by atoms with E-state index in [0.29, 0.717) is 12.3 Å². The van der Waals surface area contributed by atoms with E-state index < -0.39 is 11.8 Å². The van der Waals surface area contributed by atoms with Crippen LogP contribution in [0.2, 0.25) is 0 Å². The van der Waals surface area contributed by atoms with Crippen LogP contribution in [0.1, 0.15) is 5.56 Å². The molecule has 0 aromatic heterocycles. The van der Waals surface area contributed by atoms with Crippen LogP contribution < -0.4 is 15.4 Å². The van der Waals surface area contributed by atoms with Crippen molar-refractivity contribution in [2.24, 2.45) is 0 Å². The molecule has 0 fully saturated rings. The Morgan fingerprint density at radius 1 is 1.20 bits per heavy atom. The standard InChI is InChI=1S/C15H15FN2O2/c1-20-14-8-7-12(16)9-13(14)18-15(19)17-10-11-5-3-2-4-6-11/h2-9H,10H2,1H3,(H2,17,18,19). The van der Waals surface area contributed by atoms with Crippen LogP contribution in [0.3, 0.4) is 0 Å².